The fourth-order valence-corrected chi connectivity index (χ4v) is 5.10. The van der Waals surface area contributed by atoms with Crippen LogP contribution in [-0.4, -0.2) is 51.9 Å². The Hall–Kier alpha value is -3.68. The third-order valence-electron chi connectivity index (χ3n) is 7.22. The number of carbonyl (C=O) groups is 4. The minimum absolute atomic E-state index is 0.297. The summed E-state index contributed by atoms with van der Waals surface area (Å²) >= 11 is 0. The van der Waals surface area contributed by atoms with Gasteiger partial charge in [0.1, 0.15) is 11.5 Å². The minimum atomic E-state index is -0.538. The molecule has 1 fully saturated rings. The maximum absolute atomic E-state index is 12.1. The Morgan fingerprint density at radius 1 is 0.811 bits per heavy atom. The number of ether oxygens (including phenoxy) is 4. The summed E-state index contributed by atoms with van der Waals surface area (Å²) < 4.78 is 20.6. The zero-order chi connectivity index (χ0) is 27.2. The Morgan fingerprint density at radius 3 is 1.57 bits per heavy atom. The van der Waals surface area contributed by atoms with Crippen molar-refractivity contribution in [2.75, 3.05) is 27.4 Å². The fraction of sp³-hybridized carbons (Fsp3) is 0.448. The van der Waals surface area contributed by atoms with Gasteiger partial charge in [-0.05, 0) is 79.8 Å². The van der Waals surface area contributed by atoms with Gasteiger partial charge in [-0.2, -0.15) is 0 Å². The summed E-state index contributed by atoms with van der Waals surface area (Å²) in [5.41, 5.74) is 3.61. The molecule has 0 N–H and O–H groups in total. The molecule has 0 aromatic heterocycles. The van der Waals surface area contributed by atoms with E-state index in [2.05, 4.69) is 16.4 Å². The van der Waals surface area contributed by atoms with Gasteiger partial charge in [0.15, 0.2) is 25.8 Å². The van der Waals surface area contributed by atoms with Crippen molar-refractivity contribution in [1.82, 2.24) is 0 Å². The van der Waals surface area contributed by atoms with Crippen LogP contribution in [0.25, 0.3) is 0 Å². The standard InChI is InChI=1S/C29H34O8/c1-18-6-8-29(9-7-18,23-10-19(2)27(21(12-23)14-30)36-16-25(32)34-4)24-11-20(3)28(22(13-24)15-31)37-17-26(33)35-5/h10-15,18H,6-9,16-17H2,1-5H3. The van der Waals surface area contributed by atoms with Crippen LogP contribution in [0.4, 0.5) is 0 Å². The van der Waals surface area contributed by atoms with Crippen molar-refractivity contribution in [3.8, 4) is 11.5 Å². The Bertz CT molecular complexity index is 1090. The van der Waals surface area contributed by atoms with E-state index in [1.807, 2.05) is 38.1 Å². The summed E-state index contributed by atoms with van der Waals surface area (Å²) in [5.74, 6) is 0.171. The first-order valence-electron chi connectivity index (χ1n) is 12.3. The molecule has 0 unspecified atom stereocenters. The molecule has 0 radical (unpaired) electrons. The van der Waals surface area contributed by atoms with Crippen LogP contribution in [0.2, 0.25) is 0 Å². The summed E-state index contributed by atoms with van der Waals surface area (Å²) in [4.78, 5) is 47.3. The van der Waals surface area contributed by atoms with E-state index in [9.17, 15) is 19.2 Å². The highest BCUT2D eigenvalue weighted by molar-refractivity contribution is 5.83. The van der Waals surface area contributed by atoms with Crippen molar-refractivity contribution in [3.63, 3.8) is 0 Å². The van der Waals surface area contributed by atoms with Crippen LogP contribution in [0.5, 0.6) is 11.5 Å². The second-order valence-electron chi connectivity index (χ2n) is 9.65. The lowest BCUT2D eigenvalue weighted by atomic mass is 9.62. The molecule has 0 amide bonds. The van der Waals surface area contributed by atoms with Gasteiger partial charge in [-0.1, -0.05) is 19.1 Å². The van der Waals surface area contributed by atoms with Crippen LogP contribution in [0, 0.1) is 19.8 Å². The number of aryl methyl sites for hydroxylation is 2. The van der Waals surface area contributed by atoms with Crippen molar-refractivity contribution in [1.29, 1.82) is 0 Å². The van der Waals surface area contributed by atoms with Gasteiger partial charge < -0.3 is 18.9 Å². The number of benzene rings is 2. The lowest BCUT2D eigenvalue weighted by molar-refractivity contribution is -0.143. The zero-order valence-corrected chi connectivity index (χ0v) is 22.1. The average molecular weight is 511 g/mol. The van der Waals surface area contributed by atoms with Crippen LogP contribution in [0.15, 0.2) is 24.3 Å². The molecule has 0 atom stereocenters. The molecule has 1 aliphatic carbocycles. The number of esters is 2. The number of aldehydes is 2. The van der Waals surface area contributed by atoms with Gasteiger partial charge in [-0.25, -0.2) is 9.59 Å². The smallest absolute Gasteiger partial charge is 0.343 e. The van der Waals surface area contributed by atoms with Crippen LogP contribution < -0.4 is 9.47 Å². The quantitative estimate of drug-likeness (QED) is 0.339. The van der Waals surface area contributed by atoms with Gasteiger partial charge in [0.2, 0.25) is 0 Å². The number of rotatable bonds is 10. The van der Waals surface area contributed by atoms with E-state index in [0.29, 0.717) is 28.5 Å². The van der Waals surface area contributed by atoms with Crippen molar-refractivity contribution >= 4 is 24.5 Å². The van der Waals surface area contributed by atoms with Crippen LogP contribution in [-0.2, 0) is 24.5 Å². The predicted molar refractivity (Wildman–Crippen MR) is 137 cm³/mol. The highest BCUT2D eigenvalue weighted by atomic mass is 16.6. The second kappa shape index (κ2) is 12.0. The monoisotopic (exact) mass is 510 g/mol. The summed E-state index contributed by atoms with van der Waals surface area (Å²) in [6, 6.07) is 7.63. The topological polar surface area (TPSA) is 105 Å². The number of hydrogen-bond donors (Lipinski definition) is 0. The van der Waals surface area contributed by atoms with Crippen molar-refractivity contribution in [3.05, 3.63) is 57.6 Å². The maximum Gasteiger partial charge on any atom is 0.343 e. The van der Waals surface area contributed by atoms with Crippen molar-refractivity contribution in [2.45, 2.75) is 51.9 Å². The average Bonchev–Trinajstić information content (AvgIpc) is 2.90. The molecule has 0 bridgehead atoms. The molecular weight excluding hydrogens is 476 g/mol. The molecule has 8 heteroatoms. The molecule has 3 rings (SSSR count). The normalized spacial score (nSPS) is 14.9. The zero-order valence-electron chi connectivity index (χ0n) is 22.1. The third-order valence-corrected chi connectivity index (χ3v) is 7.22. The molecule has 37 heavy (non-hydrogen) atoms. The van der Waals surface area contributed by atoms with Gasteiger partial charge in [0.05, 0.1) is 25.3 Å². The first-order valence-corrected chi connectivity index (χ1v) is 12.3. The Labute approximate surface area is 217 Å². The van der Waals surface area contributed by atoms with E-state index in [4.69, 9.17) is 9.47 Å². The summed E-state index contributed by atoms with van der Waals surface area (Å²) in [6.45, 7) is 5.31. The molecule has 0 aliphatic heterocycles. The molecule has 2 aromatic carbocycles. The fourth-order valence-electron chi connectivity index (χ4n) is 5.10. The van der Waals surface area contributed by atoms with Gasteiger partial charge in [0.25, 0.3) is 0 Å². The number of carbonyl (C=O) groups excluding carboxylic acids is 4. The van der Waals surface area contributed by atoms with Gasteiger partial charge in [-0.3, -0.25) is 9.59 Å². The SMILES string of the molecule is COC(=O)COc1c(C)cc(C2(c3cc(C)c(OCC(=O)OC)c(C=O)c3)CCC(C)CC2)cc1C=O. The van der Waals surface area contributed by atoms with Gasteiger partial charge in [-0.15, -0.1) is 0 Å². The molecule has 2 aromatic rings. The largest absolute Gasteiger partial charge is 0.481 e. The minimum Gasteiger partial charge on any atom is -0.481 e. The predicted octanol–water partition coefficient (Wildman–Crippen LogP) is 4.53. The number of methoxy groups -OCH3 is 2. The van der Waals surface area contributed by atoms with Crippen LogP contribution >= 0.6 is 0 Å². The van der Waals surface area contributed by atoms with Crippen molar-refractivity contribution < 1.29 is 38.1 Å². The van der Waals surface area contributed by atoms with E-state index in [1.54, 1.807) is 0 Å². The molecular formula is C29H34O8. The summed E-state index contributed by atoms with van der Waals surface area (Å²) in [7, 11) is 2.55. The molecule has 1 saturated carbocycles. The molecule has 198 valence electrons. The first-order chi connectivity index (χ1) is 17.7. The van der Waals surface area contributed by atoms with E-state index in [0.717, 1.165) is 60.5 Å². The summed E-state index contributed by atoms with van der Waals surface area (Å²) in [5, 5.41) is 0. The summed E-state index contributed by atoms with van der Waals surface area (Å²) in [6.07, 6.45) is 5.07. The highest BCUT2D eigenvalue weighted by Crippen LogP contribution is 2.48. The van der Waals surface area contributed by atoms with Crippen LogP contribution in [0.3, 0.4) is 0 Å². The molecule has 0 saturated heterocycles. The molecule has 0 heterocycles. The molecule has 8 nitrogen and oxygen atoms in total. The second-order valence-corrected chi connectivity index (χ2v) is 9.65. The van der Waals surface area contributed by atoms with Gasteiger partial charge >= 0.3 is 11.9 Å². The first kappa shape index (κ1) is 27.9. The molecule has 1 aliphatic rings. The lowest BCUT2D eigenvalue weighted by Crippen LogP contribution is -2.33. The highest BCUT2D eigenvalue weighted by Gasteiger charge is 2.39. The lowest BCUT2D eigenvalue weighted by Gasteiger charge is -2.41. The Kier molecular flexibility index (Phi) is 9.08. The Balaban J connectivity index is 2.12. The number of hydrogen-bond acceptors (Lipinski definition) is 8. The maximum atomic E-state index is 12.1. The van der Waals surface area contributed by atoms with Crippen LogP contribution in [0.1, 0.15) is 75.6 Å². The third kappa shape index (κ3) is 6.01. The van der Waals surface area contributed by atoms with E-state index in [-0.39, 0.29) is 13.2 Å². The van der Waals surface area contributed by atoms with E-state index < -0.39 is 17.4 Å². The van der Waals surface area contributed by atoms with Crippen molar-refractivity contribution in [2.24, 2.45) is 5.92 Å². The molecule has 0 spiro atoms. The van der Waals surface area contributed by atoms with E-state index >= 15 is 0 Å². The van der Waals surface area contributed by atoms with E-state index in [1.165, 1.54) is 14.2 Å². The van der Waals surface area contributed by atoms with Gasteiger partial charge in [0, 0.05) is 5.41 Å². The Morgan fingerprint density at radius 2 is 1.22 bits per heavy atom.